The zero-order valence-corrected chi connectivity index (χ0v) is 21.0. The van der Waals surface area contributed by atoms with Gasteiger partial charge in [-0.15, -0.1) is 11.3 Å². The van der Waals surface area contributed by atoms with E-state index in [1.54, 1.807) is 25.6 Å². The molecule has 2 aromatic rings. The Kier molecular flexibility index (Phi) is 9.01. The fourth-order valence-electron chi connectivity index (χ4n) is 4.56. The maximum absolute atomic E-state index is 13.3. The number of carbonyl (C=O) groups is 1. The van der Waals surface area contributed by atoms with Crippen LogP contribution in [0.15, 0.2) is 23.6 Å². The van der Waals surface area contributed by atoms with Crippen LogP contribution in [0.5, 0.6) is 17.2 Å². The number of hydrogen-bond acceptors (Lipinski definition) is 8. The van der Waals surface area contributed by atoms with E-state index >= 15 is 0 Å². The Morgan fingerprint density at radius 1 is 1.18 bits per heavy atom. The zero-order valence-electron chi connectivity index (χ0n) is 20.2. The largest absolute Gasteiger partial charge is 0.493 e. The van der Waals surface area contributed by atoms with Gasteiger partial charge in [-0.05, 0) is 25.0 Å². The molecule has 0 atom stereocenters. The van der Waals surface area contributed by atoms with Gasteiger partial charge >= 0.3 is 0 Å². The Labute approximate surface area is 205 Å². The highest BCUT2D eigenvalue weighted by atomic mass is 32.1. The molecule has 1 saturated carbocycles. The Hall–Kier alpha value is -2.36. The van der Waals surface area contributed by atoms with Crippen LogP contribution in [0, 0.1) is 5.92 Å². The Morgan fingerprint density at radius 2 is 1.88 bits per heavy atom. The van der Waals surface area contributed by atoms with E-state index in [0.29, 0.717) is 30.4 Å². The summed E-state index contributed by atoms with van der Waals surface area (Å²) < 4.78 is 22.3. The number of benzene rings is 1. The second-order valence-corrected chi connectivity index (χ2v) is 9.65. The minimum atomic E-state index is 0.157. The van der Waals surface area contributed by atoms with Crippen molar-refractivity contribution in [2.24, 2.45) is 5.92 Å². The van der Waals surface area contributed by atoms with Gasteiger partial charge in [-0.25, -0.2) is 4.98 Å². The molecule has 0 bridgehead atoms. The van der Waals surface area contributed by atoms with Crippen molar-refractivity contribution in [3.05, 3.63) is 34.3 Å². The van der Waals surface area contributed by atoms with Gasteiger partial charge in [0.05, 0.1) is 39.7 Å². The van der Waals surface area contributed by atoms with Crippen molar-refractivity contribution in [3.63, 3.8) is 0 Å². The number of morpholine rings is 1. The second kappa shape index (κ2) is 12.4. The monoisotopic (exact) mass is 489 g/mol. The molecule has 186 valence electrons. The highest BCUT2D eigenvalue weighted by Gasteiger charge is 2.28. The van der Waals surface area contributed by atoms with Gasteiger partial charge in [0.1, 0.15) is 11.6 Å². The predicted octanol–water partition coefficient (Wildman–Crippen LogP) is 3.59. The molecule has 1 saturated heterocycles. The van der Waals surface area contributed by atoms with E-state index in [0.717, 1.165) is 75.8 Å². The third-order valence-electron chi connectivity index (χ3n) is 6.48. The van der Waals surface area contributed by atoms with E-state index in [4.69, 9.17) is 23.9 Å². The smallest absolute Gasteiger partial charge is 0.226 e. The molecule has 1 aromatic heterocycles. The first-order chi connectivity index (χ1) is 16.7. The molecule has 1 aliphatic heterocycles. The summed E-state index contributed by atoms with van der Waals surface area (Å²) >= 11 is 1.55. The van der Waals surface area contributed by atoms with Gasteiger partial charge in [0.2, 0.25) is 11.7 Å². The Balaban J connectivity index is 1.39. The molecular formula is C25H35N3O5S. The summed E-state index contributed by atoms with van der Waals surface area (Å²) in [4.78, 5) is 22.4. The van der Waals surface area contributed by atoms with E-state index in [9.17, 15) is 4.79 Å². The molecule has 4 rings (SSSR count). The summed E-state index contributed by atoms with van der Waals surface area (Å²) in [6.45, 7) is 5.82. The average molecular weight is 490 g/mol. The lowest BCUT2D eigenvalue weighted by molar-refractivity contribution is -0.136. The molecule has 1 aromatic carbocycles. The van der Waals surface area contributed by atoms with Crippen LogP contribution in [0.2, 0.25) is 0 Å². The van der Waals surface area contributed by atoms with Crippen LogP contribution in [-0.2, 0) is 22.7 Å². The van der Waals surface area contributed by atoms with Gasteiger partial charge in [-0.1, -0.05) is 18.9 Å². The van der Waals surface area contributed by atoms with E-state index in [1.165, 1.54) is 0 Å². The lowest BCUT2D eigenvalue weighted by atomic mass is 10.1. The van der Waals surface area contributed by atoms with E-state index in [1.807, 2.05) is 28.5 Å². The Bertz CT molecular complexity index is 903. The van der Waals surface area contributed by atoms with Gasteiger partial charge in [0.15, 0.2) is 11.5 Å². The molecule has 0 radical (unpaired) electrons. The highest BCUT2D eigenvalue weighted by molar-refractivity contribution is 7.09. The number of hydrogen-bond donors (Lipinski definition) is 0. The summed E-state index contributed by atoms with van der Waals surface area (Å²) in [5.74, 6) is 2.23. The molecule has 0 unspecified atom stereocenters. The third kappa shape index (κ3) is 6.40. The number of rotatable bonds is 11. The normalized spacial score (nSPS) is 17.0. The first-order valence-corrected chi connectivity index (χ1v) is 12.9. The van der Waals surface area contributed by atoms with E-state index in [-0.39, 0.29) is 11.8 Å². The van der Waals surface area contributed by atoms with Crippen molar-refractivity contribution in [1.29, 1.82) is 0 Å². The van der Waals surface area contributed by atoms with E-state index < -0.39 is 0 Å². The van der Waals surface area contributed by atoms with Crippen molar-refractivity contribution in [2.45, 2.75) is 38.8 Å². The van der Waals surface area contributed by atoms with Gasteiger partial charge in [-0.2, -0.15) is 0 Å². The quantitative estimate of drug-likeness (QED) is 0.478. The molecule has 2 fully saturated rings. The number of nitrogens with zero attached hydrogens (tertiary/aromatic N) is 3. The number of para-hydroxylation sites is 1. The molecule has 8 nitrogen and oxygen atoms in total. The summed E-state index contributed by atoms with van der Waals surface area (Å²) in [6, 6.07) is 5.54. The van der Waals surface area contributed by atoms with Crippen molar-refractivity contribution in [1.82, 2.24) is 14.8 Å². The molecule has 2 heterocycles. The van der Waals surface area contributed by atoms with Crippen LogP contribution in [0.4, 0.5) is 0 Å². The minimum absolute atomic E-state index is 0.157. The van der Waals surface area contributed by atoms with Crippen LogP contribution in [0.25, 0.3) is 0 Å². The van der Waals surface area contributed by atoms with Gasteiger partial charge in [-0.3, -0.25) is 9.69 Å². The topological polar surface area (TPSA) is 73.4 Å². The molecule has 2 aliphatic rings. The van der Waals surface area contributed by atoms with Crippen LogP contribution in [0.1, 0.15) is 36.4 Å². The first-order valence-electron chi connectivity index (χ1n) is 12.0. The van der Waals surface area contributed by atoms with Gasteiger partial charge in [0, 0.05) is 37.5 Å². The van der Waals surface area contributed by atoms with Gasteiger partial charge < -0.3 is 23.8 Å². The number of methoxy groups -OCH3 is 2. The maximum Gasteiger partial charge on any atom is 0.226 e. The number of ether oxygens (including phenoxy) is 4. The van der Waals surface area contributed by atoms with Crippen LogP contribution in [-0.4, -0.2) is 74.3 Å². The fraction of sp³-hybridized carbons (Fsp3) is 0.600. The molecule has 34 heavy (non-hydrogen) atoms. The lowest BCUT2D eigenvalue weighted by Crippen LogP contribution is -2.44. The highest BCUT2D eigenvalue weighted by Crippen LogP contribution is 2.37. The number of aromatic nitrogens is 1. The average Bonchev–Trinajstić information content (AvgIpc) is 3.58. The molecular weight excluding hydrogens is 454 g/mol. The number of amides is 1. The summed E-state index contributed by atoms with van der Waals surface area (Å²) in [5.41, 5.74) is 0.906. The number of carbonyl (C=O) groups excluding carboxylic acids is 1. The predicted molar refractivity (Wildman–Crippen MR) is 131 cm³/mol. The molecule has 1 aliphatic carbocycles. The van der Waals surface area contributed by atoms with Crippen LogP contribution in [0.3, 0.4) is 0 Å². The third-order valence-corrected chi connectivity index (χ3v) is 7.35. The molecule has 0 N–H and O–H groups in total. The van der Waals surface area contributed by atoms with Crippen LogP contribution < -0.4 is 14.2 Å². The van der Waals surface area contributed by atoms with E-state index in [2.05, 4.69) is 4.90 Å². The summed E-state index contributed by atoms with van der Waals surface area (Å²) in [7, 11) is 3.21. The van der Waals surface area contributed by atoms with Crippen molar-refractivity contribution >= 4 is 17.2 Å². The Morgan fingerprint density at radius 3 is 2.56 bits per heavy atom. The minimum Gasteiger partial charge on any atom is -0.493 e. The second-order valence-electron chi connectivity index (χ2n) is 8.71. The zero-order chi connectivity index (χ0) is 23.8. The maximum atomic E-state index is 13.3. The van der Waals surface area contributed by atoms with Crippen molar-refractivity contribution in [2.75, 3.05) is 53.6 Å². The SMILES string of the molecule is COc1cccc(OC)c1OCc1nc(CN(CCN2CCOCC2)C(=O)C2CCCC2)cs1. The van der Waals surface area contributed by atoms with Crippen LogP contribution >= 0.6 is 11.3 Å². The summed E-state index contributed by atoms with van der Waals surface area (Å²) in [6.07, 6.45) is 4.31. The standard InChI is InChI=1S/C25H35N3O5S/c1-30-21-8-5-9-22(31-2)24(21)33-17-23-26-20(18-34-23)16-28(25(29)19-6-3-4-7-19)11-10-27-12-14-32-15-13-27/h5,8-9,18-19H,3-4,6-7,10-17H2,1-2H3. The number of thiazole rings is 1. The van der Waals surface area contributed by atoms with Crippen molar-refractivity contribution < 1.29 is 23.7 Å². The summed E-state index contributed by atoms with van der Waals surface area (Å²) in [5, 5.41) is 2.88. The van der Waals surface area contributed by atoms with Gasteiger partial charge in [0.25, 0.3) is 0 Å². The van der Waals surface area contributed by atoms with Crippen molar-refractivity contribution in [3.8, 4) is 17.2 Å². The first kappa shape index (κ1) is 24.8. The fourth-order valence-corrected chi connectivity index (χ4v) is 5.26. The molecule has 0 spiro atoms. The lowest BCUT2D eigenvalue weighted by Gasteiger charge is -2.31. The molecule has 9 heteroatoms. The molecule has 1 amide bonds.